The summed E-state index contributed by atoms with van der Waals surface area (Å²) in [6.45, 7) is 3.91. The van der Waals surface area contributed by atoms with Crippen LogP contribution in [0.2, 0.25) is 0 Å². The minimum Gasteiger partial charge on any atom is -0.312 e. The molecule has 0 bridgehead atoms. The van der Waals surface area contributed by atoms with Crippen LogP contribution in [0.4, 0.5) is 5.69 Å². The van der Waals surface area contributed by atoms with Crippen molar-refractivity contribution in [3.05, 3.63) is 64.7 Å². The summed E-state index contributed by atoms with van der Waals surface area (Å²) in [5.74, 6) is 0.0345. The molecule has 1 amide bonds. The Morgan fingerprint density at radius 1 is 1.10 bits per heavy atom. The Morgan fingerprint density at radius 3 is 2.62 bits per heavy atom. The zero-order chi connectivity index (χ0) is 14.8. The Bertz CT molecular complexity index is 661. The highest BCUT2D eigenvalue weighted by Gasteiger charge is 2.16. The normalized spacial score (nSPS) is 13.6. The largest absolute Gasteiger partial charge is 0.312 e. The molecule has 0 atom stereocenters. The van der Waals surface area contributed by atoms with E-state index in [4.69, 9.17) is 0 Å². The van der Waals surface area contributed by atoms with Crippen LogP contribution in [0.5, 0.6) is 0 Å². The third-order valence-corrected chi connectivity index (χ3v) is 4.07. The molecular weight excluding hydrogens is 260 g/mol. The molecule has 0 saturated heterocycles. The summed E-state index contributed by atoms with van der Waals surface area (Å²) in [6, 6.07) is 14.1. The van der Waals surface area contributed by atoms with Gasteiger partial charge in [0.1, 0.15) is 0 Å². The predicted molar refractivity (Wildman–Crippen MR) is 85.8 cm³/mol. The molecule has 0 spiro atoms. The molecule has 108 valence electrons. The van der Waals surface area contributed by atoms with Gasteiger partial charge in [-0.2, -0.15) is 0 Å². The highest BCUT2D eigenvalue weighted by molar-refractivity contribution is 6.05. The fourth-order valence-corrected chi connectivity index (χ4v) is 2.69. The molecule has 0 radical (unpaired) electrons. The molecule has 2 aromatic carbocycles. The van der Waals surface area contributed by atoms with Crippen LogP contribution in [-0.2, 0) is 13.0 Å². The van der Waals surface area contributed by atoms with E-state index in [9.17, 15) is 4.79 Å². The van der Waals surface area contributed by atoms with Crippen molar-refractivity contribution in [2.45, 2.75) is 19.9 Å². The second kappa shape index (κ2) is 5.70. The predicted octanol–water partition coefficient (Wildman–Crippen LogP) is 2.92. The van der Waals surface area contributed by atoms with Crippen LogP contribution in [0.1, 0.15) is 27.0 Å². The van der Waals surface area contributed by atoms with E-state index in [1.165, 1.54) is 16.7 Å². The first-order chi connectivity index (χ1) is 10.1. The van der Waals surface area contributed by atoms with Crippen molar-refractivity contribution in [2.75, 3.05) is 18.5 Å². The van der Waals surface area contributed by atoms with Crippen LogP contribution >= 0.6 is 0 Å². The number of fused-ring (bicyclic) bond motifs is 1. The van der Waals surface area contributed by atoms with Crippen LogP contribution in [-0.4, -0.2) is 19.5 Å². The Labute approximate surface area is 125 Å². The molecule has 21 heavy (non-hydrogen) atoms. The average Bonchev–Trinajstić information content (AvgIpc) is 2.54. The van der Waals surface area contributed by atoms with Gasteiger partial charge in [-0.3, -0.25) is 4.79 Å². The van der Waals surface area contributed by atoms with Gasteiger partial charge in [-0.25, -0.2) is 0 Å². The van der Waals surface area contributed by atoms with E-state index < -0.39 is 0 Å². The summed E-state index contributed by atoms with van der Waals surface area (Å²) in [4.78, 5) is 14.3. The number of nitrogens with zero attached hydrogens (tertiary/aromatic N) is 1. The first-order valence-corrected chi connectivity index (χ1v) is 7.32. The summed E-state index contributed by atoms with van der Waals surface area (Å²) in [7, 11) is 1.82. The Morgan fingerprint density at radius 2 is 1.86 bits per heavy atom. The molecule has 1 aliphatic heterocycles. The number of carbonyl (C=O) groups is 1. The average molecular weight is 280 g/mol. The molecule has 1 N–H and O–H groups in total. The van der Waals surface area contributed by atoms with Crippen molar-refractivity contribution in [3.8, 4) is 0 Å². The smallest absolute Gasteiger partial charge is 0.258 e. The third kappa shape index (κ3) is 2.83. The summed E-state index contributed by atoms with van der Waals surface area (Å²) in [5, 5.41) is 3.35. The molecule has 0 saturated carbocycles. The maximum atomic E-state index is 12.6. The lowest BCUT2D eigenvalue weighted by Crippen LogP contribution is -2.28. The van der Waals surface area contributed by atoms with Gasteiger partial charge in [-0.05, 0) is 55.3 Å². The fraction of sp³-hybridized carbons (Fsp3) is 0.278. The maximum Gasteiger partial charge on any atom is 0.258 e. The van der Waals surface area contributed by atoms with Crippen molar-refractivity contribution < 1.29 is 4.79 Å². The van der Waals surface area contributed by atoms with Gasteiger partial charge < -0.3 is 10.2 Å². The Hall–Kier alpha value is -2.13. The van der Waals surface area contributed by atoms with Crippen molar-refractivity contribution in [1.29, 1.82) is 0 Å². The highest BCUT2D eigenvalue weighted by Crippen LogP contribution is 2.20. The van der Waals surface area contributed by atoms with E-state index in [1.54, 1.807) is 4.90 Å². The van der Waals surface area contributed by atoms with Gasteiger partial charge in [-0.1, -0.05) is 23.8 Å². The van der Waals surface area contributed by atoms with E-state index in [0.29, 0.717) is 0 Å². The summed E-state index contributed by atoms with van der Waals surface area (Å²) < 4.78 is 0. The van der Waals surface area contributed by atoms with Crippen molar-refractivity contribution in [1.82, 2.24) is 5.32 Å². The number of anilines is 1. The van der Waals surface area contributed by atoms with Crippen molar-refractivity contribution >= 4 is 11.6 Å². The number of amides is 1. The summed E-state index contributed by atoms with van der Waals surface area (Å²) in [5.41, 5.74) is 5.45. The van der Waals surface area contributed by atoms with Gasteiger partial charge in [-0.15, -0.1) is 0 Å². The third-order valence-electron chi connectivity index (χ3n) is 4.07. The number of rotatable bonds is 2. The number of aryl methyl sites for hydroxylation is 1. The van der Waals surface area contributed by atoms with Gasteiger partial charge in [0, 0.05) is 24.8 Å². The first-order valence-electron chi connectivity index (χ1n) is 7.32. The van der Waals surface area contributed by atoms with E-state index >= 15 is 0 Å². The minimum absolute atomic E-state index is 0.0345. The molecule has 1 heterocycles. The van der Waals surface area contributed by atoms with Crippen LogP contribution in [0.25, 0.3) is 0 Å². The van der Waals surface area contributed by atoms with E-state index in [0.717, 1.165) is 30.8 Å². The van der Waals surface area contributed by atoms with Gasteiger partial charge in [0.2, 0.25) is 0 Å². The molecule has 3 rings (SSSR count). The topological polar surface area (TPSA) is 32.3 Å². The Kier molecular flexibility index (Phi) is 3.76. The molecule has 0 fully saturated rings. The molecule has 3 heteroatoms. The molecule has 0 aliphatic carbocycles. The standard InChI is InChI=1S/C18H20N2O/c1-13-3-7-17(8-4-13)20(2)18(21)15-6-5-14-9-10-19-12-16(14)11-15/h3-8,11,19H,9-10,12H2,1-2H3. The molecule has 1 aliphatic rings. The number of hydrogen-bond acceptors (Lipinski definition) is 2. The maximum absolute atomic E-state index is 12.6. The lowest BCUT2D eigenvalue weighted by molar-refractivity contribution is 0.0993. The minimum atomic E-state index is 0.0345. The highest BCUT2D eigenvalue weighted by atomic mass is 16.2. The molecule has 3 nitrogen and oxygen atoms in total. The van der Waals surface area contributed by atoms with Crippen LogP contribution in [0.15, 0.2) is 42.5 Å². The van der Waals surface area contributed by atoms with Crippen LogP contribution in [0.3, 0.4) is 0 Å². The lowest BCUT2D eigenvalue weighted by Gasteiger charge is -2.21. The van der Waals surface area contributed by atoms with Gasteiger partial charge in [0.05, 0.1) is 0 Å². The van der Waals surface area contributed by atoms with E-state index in [2.05, 4.69) is 11.4 Å². The molecule has 0 unspecified atom stereocenters. The van der Waals surface area contributed by atoms with Gasteiger partial charge in [0.25, 0.3) is 5.91 Å². The summed E-state index contributed by atoms with van der Waals surface area (Å²) >= 11 is 0. The Balaban J connectivity index is 1.86. The molecule has 2 aromatic rings. The monoisotopic (exact) mass is 280 g/mol. The zero-order valence-electron chi connectivity index (χ0n) is 12.5. The summed E-state index contributed by atoms with van der Waals surface area (Å²) in [6.07, 6.45) is 1.04. The molecular formula is C18H20N2O. The van der Waals surface area contributed by atoms with Crippen molar-refractivity contribution in [2.24, 2.45) is 0 Å². The number of benzene rings is 2. The van der Waals surface area contributed by atoms with E-state index in [-0.39, 0.29) is 5.91 Å². The van der Waals surface area contributed by atoms with Gasteiger partial charge >= 0.3 is 0 Å². The lowest BCUT2D eigenvalue weighted by atomic mass is 9.98. The van der Waals surface area contributed by atoms with Crippen LogP contribution in [0, 0.1) is 6.92 Å². The van der Waals surface area contributed by atoms with Gasteiger partial charge in [0.15, 0.2) is 0 Å². The number of hydrogen-bond donors (Lipinski definition) is 1. The quantitative estimate of drug-likeness (QED) is 0.917. The number of carbonyl (C=O) groups excluding carboxylic acids is 1. The number of nitrogens with one attached hydrogen (secondary N) is 1. The van der Waals surface area contributed by atoms with Crippen LogP contribution < -0.4 is 10.2 Å². The second-order valence-electron chi connectivity index (χ2n) is 5.61. The van der Waals surface area contributed by atoms with Crippen molar-refractivity contribution in [3.63, 3.8) is 0 Å². The second-order valence-corrected chi connectivity index (χ2v) is 5.61. The fourth-order valence-electron chi connectivity index (χ4n) is 2.69. The SMILES string of the molecule is Cc1ccc(N(C)C(=O)c2ccc3c(c2)CNCC3)cc1. The molecule has 0 aromatic heterocycles. The zero-order valence-corrected chi connectivity index (χ0v) is 12.5. The first kappa shape index (κ1) is 13.8. The van der Waals surface area contributed by atoms with E-state index in [1.807, 2.05) is 50.4 Å².